The molecule has 5 heteroatoms. The zero-order chi connectivity index (χ0) is 11.8. The maximum absolute atomic E-state index is 5.65. The van der Waals surface area contributed by atoms with Gasteiger partial charge in [-0.15, -0.1) is 0 Å². The van der Waals surface area contributed by atoms with E-state index in [0.717, 1.165) is 24.6 Å². The molecule has 2 aromatic rings. The van der Waals surface area contributed by atoms with Crippen molar-refractivity contribution >= 4 is 12.2 Å². The average molecular weight is 247 g/mol. The highest BCUT2D eigenvalue weighted by atomic mass is 32.1. The van der Waals surface area contributed by atoms with Crippen LogP contribution in [0.5, 0.6) is 5.75 Å². The molecule has 0 amide bonds. The monoisotopic (exact) mass is 247 g/mol. The third kappa shape index (κ3) is 1.67. The second-order valence-electron chi connectivity index (χ2n) is 4.17. The third-order valence-corrected chi connectivity index (χ3v) is 3.55. The molecule has 0 aliphatic carbocycles. The van der Waals surface area contributed by atoms with Gasteiger partial charge in [0.05, 0.1) is 12.5 Å². The molecule has 1 aromatic heterocycles. The summed E-state index contributed by atoms with van der Waals surface area (Å²) in [5, 5.41) is 7.17. The van der Waals surface area contributed by atoms with Crippen molar-refractivity contribution in [3.05, 3.63) is 40.4 Å². The van der Waals surface area contributed by atoms with Crippen molar-refractivity contribution in [2.45, 2.75) is 12.3 Å². The Hall–Kier alpha value is -1.62. The van der Waals surface area contributed by atoms with E-state index in [0.29, 0.717) is 4.77 Å². The molecule has 1 aliphatic rings. The first-order valence-electron chi connectivity index (χ1n) is 5.60. The number of aromatic nitrogens is 3. The van der Waals surface area contributed by atoms with Gasteiger partial charge in [0, 0.05) is 12.6 Å². The van der Waals surface area contributed by atoms with Crippen LogP contribution in [0.2, 0.25) is 0 Å². The summed E-state index contributed by atoms with van der Waals surface area (Å²) in [5.41, 5.74) is 1.19. The number of nitrogens with one attached hydrogen (secondary N) is 1. The lowest BCUT2D eigenvalue weighted by atomic mass is 9.92. The maximum atomic E-state index is 5.65. The largest absolute Gasteiger partial charge is 0.493 e. The molecule has 17 heavy (non-hydrogen) atoms. The summed E-state index contributed by atoms with van der Waals surface area (Å²) in [5.74, 6) is 2.20. The van der Waals surface area contributed by atoms with Gasteiger partial charge in [0.2, 0.25) is 0 Å². The van der Waals surface area contributed by atoms with Crippen LogP contribution in [-0.2, 0) is 7.05 Å². The summed E-state index contributed by atoms with van der Waals surface area (Å²) in [6.45, 7) is 0.724. The lowest BCUT2D eigenvalue weighted by molar-refractivity contribution is 0.273. The number of rotatable bonds is 1. The van der Waals surface area contributed by atoms with Crippen molar-refractivity contribution < 1.29 is 4.74 Å². The Bertz CT molecular complexity index is 602. The van der Waals surface area contributed by atoms with Crippen LogP contribution in [0.3, 0.4) is 0 Å². The van der Waals surface area contributed by atoms with Gasteiger partial charge in [-0.3, -0.25) is 5.10 Å². The summed E-state index contributed by atoms with van der Waals surface area (Å²) in [7, 11) is 1.94. The van der Waals surface area contributed by atoms with E-state index in [1.165, 1.54) is 5.56 Å². The molecule has 1 aliphatic heterocycles. The van der Waals surface area contributed by atoms with E-state index in [1.54, 1.807) is 0 Å². The Morgan fingerprint density at radius 2 is 2.29 bits per heavy atom. The number of ether oxygens (including phenoxy) is 1. The first kappa shape index (κ1) is 10.5. The molecule has 2 heterocycles. The molecule has 1 unspecified atom stereocenters. The Morgan fingerprint density at radius 3 is 3.06 bits per heavy atom. The summed E-state index contributed by atoms with van der Waals surface area (Å²) in [4.78, 5) is 0. The Balaban J connectivity index is 2.12. The highest BCUT2D eigenvalue weighted by Crippen LogP contribution is 2.36. The lowest BCUT2D eigenvalue weighted by Gasteiger charge is -2.24. The summed E-state index contributed by atoms with van der Waals surface area (Å²) >= 11 is 5.16. The first-order chi connectivity index (χ1) is 8.27. The van der Waals surface area contributed by atoms with E-state index >= 15 is 0 Å². The van der Waals surface area contributed by atoms with Crippen molar-refractivity contribution in [3.8, 4) is 5.75 Å². The molecular formula is C12H13N3OS. The van der Waals surface area contributed by atoms with Gasteiger partial charge in [-0.25, -0.2) is 0 Å². The van der Waals surface area contributed by atoms with Gasteiger partial charge in [0.15, 0.2) is 4.77 Å². The van der Waals surface area contributed by atoms with Gasteiger partial charge in [-0.05, 0) is 24.7 Å². The summed E-state index contributed by atoms with van der Waals surface area (Å²) in [6.07, 6.45) is 0.935. The van der Waals surface area contributed by atoms with Gasteiger partial charge in [-0.1, -0.05) is 18.2 Å². The average Bonchev–Trinajstić information content (AvgIpc) is 2.69. The van der Waals surface area contributed by atoms with Crippen LogP contribution in [0.4, 0.5) is 0 Å². The van der Waals surface area contributed by atoms with Crippen LogP contribution in [0, 0.1) is 4.77 Å². The van der Waals surface area contributed by atoms with Crippen LogP contribution in [-0.4, -0.2) is 21.4 Å². The van der Waals surface area contributed by atoms with Crippen LogP contribution in [0.15, 0.2) is 24.3 Å². The van der Waals surface area contributed by atoms with Crippen molar-refractivity contribution in [1.29, 1.82) is 0 Å². The predicted octanol–water partition coefficient (Wildman–Crippen LogP) is 2.39. The minimum atomic E-state index is 0.262. The Labute approximate surface area is 104 Å². The van der Waals surface area contributed by atoms with E-state index in [4.69, 9.17) is 17.0 Å². The zero-order valence-corrected chi connectivity index (χ0v) is 10.3. The van der Waals surface area contributed by atoms with Crippen molar-refractivity contribution in [1.82, 2.24) is 14.8 Å². The van der Waals surface area contributed by atoms with E-state index in [2.05, 4.69) is 16.3 Å². The number of hydrogen-bond donors (Lipinski definition) is 1. The molecule has 0 saturated heterocycles. The quantitative estimate of drug-likeness (QED) is 0.787. The normalized spacial score (nSPS) is 18.5. The van der Waals surface area contributed by atoms with Crippen LogP contribution in [0.1, 0.15) is 23.7 Å². The van der Waals surface area contributed by atoms with E-state index < -0.39 is 0 Å². The number of H-pyrrole nitrogens is 1. The minimum Gasteiger partial charge on any atom is -0.493 e. The molecule has 1 atom stereocenters. The molecule has 88 valence electrons. The minimum absolute atomic E-state index is 0.262. The fraction of sp³-hybridized carbons (Fsp3) is 0.333. The molecular weight excluding hydrogens is 234 g/mol. The number of para-hydroxylation sites is 1. The number of benzene rings is 1. The van der Waals surface area contributed by atoms with Crippen LogP contribution < -0.4 is 4.74 Å². The molecule has 0 saturated carbocycles. The van der Waals surface area contributed by atoms with E-state index in [-0.39, 0.29) is 5.92 Å². The molecule has 0 radical (unpaired) electrons. The highest BCUT2D eigenvalue weighted by molar-refractivity contribution is 7.71. The predicted molar refractivity (Wildman–Crippen MR) is 66.8 cm³/mol. The summed E-state index contributed by atoms with van der Waals surface area (Å²) < 4.78 is 8.24. The topological polar surface area (TPSA) is 42.8 Å². The van der Waals surface area contributed by atoms with E-state index in [9.17, 15) is 0 Å². The first-order valence-corrected chi connectivity index (χ1v) is 6.01. The van der Waals surface area contributed by atoms with Gasteiger partial charge in [0.1, 0.15) is 11.6 Å². The van der Waals surface area contributed by atoms with Gasteiger partial charge in [0.25, 0.3) is 0 Å². The van der Waals surface area contributed by atoms with Crippen molar-refractivity contribution in [2.75, 3.05) is 6.61 Å². The molecule has 0 spiro atoms. The highest BCUT2D eigenvalue weighted by Gasteiger charge is 2.26. The molecule has 0 bridgehead atoms. The van der Waals surface area contributed by atoms with Gasteiger partial charge < -0.3 is 9.30 Å². The zero-order valence-electron chi connectivity index (χ0n) is 9.51. The second kappa shape index (κ2) is 4.00. The smallest absolute Gasteiger partial charge is 0.194 e. The molecule has 1 N–H and O–H groups in total. The van der Waals surface area contributed by atoms with Gasteiger partial charge >= 0.3 is 0 Å². The fourth-order valence-corrected chi connectivity index (χ4v) is 2.42. The number of fused-ring (bicyclic) bond motifs is 1. The number of hydrogen-bond acceptors (Lipinski definition) is 3. The number of aromatic amines is 1. The Kier molecular flexibility index (Phi) is 2.48. The molecule has 3 rings (SSSR count). The third-order valence-electron chi connectivity index (χ3n) is 3.18. The SMILES string of the molecule is Cn1c(C2CCOc3ccccc32)n[nH]c1=S. The number of nitrogens with zero attached hydrogens (tertiary/aromatic N) is 2. The second-order valence-corrected chi connectivity index (χ2v) is 4.56. The maximum Gasteiger partial charge on any atom is 0.194 e. The lowest BCUT2D eigenvalue weighted by Crippen LogP contribution is -2.18. The van der Waals surface area contributed by atoms with Crippen molar-refractivity contribution in [2.24, 2.45) is 7.05 Å². The van der Waals surface area contributed by atoms with Crippen LogP contribution in [0.25, 0.3) is 0 Å². The molecule has 4 nitrogen and oxygen atoms in total. The molecule has 1 aromatic carbocycles. The van der Waals surface area contributed by atoms with Gasteiger partial charge in [-0.2, -0.15) is 5.10 Å². The fourth-order valence-electron chi connectivity index (χ4n) is 2.28. The summed E-state index contributed by atoms with van der Waals surface area (Å²) in [6, 6.07) is 8.12. The molecule has 0 fully saturated rings. The van der Waals surface area contributed by atoms with E-state index in [1.807, 2.05) is 29.8 Å². The Morgan fingerprint density at radius 1 is 1.47 bits per heavy atom. The van der Waals surface area contributed by atoms with Crippen molar-refractivity contribution in [3.63, 3.8) is 0 Å². The van der Waals surface area contributed by atoms with Crippen LogP contribution >= 0.6 is 12.2 Å². The standard InChI is InChI=1S/C12H13N3OS/c1-15-11(13-14-12(15)17)9-6-7-16-10-5-3-2-4-8(9)10/h2-5,9H,6-7H2,1H3,(H,14,17).